The van der Waals surface area contributed by atoms with Crippen molar-refractivity contribution in [2.75, 3.05) is 13.7 Å². The molecular formula is C13H22N2O2. The van der Waals surface area contributed by atoms with Crippen molar-refractivity contribution in [1.29, 1.82) is 0 Å². The van der Waals surface area contributed by atoms with E-state index >= 15 is 0 Å². The van der Waals surface area contributed by atoms with E-state index in [-0.39, 0.29) is 0 Å². The molecule has 3 aliphatic rings. The maximum absolute atomic E-state index is 12.0. The summed E-state index contributed by atoms with van der Waals surface area (Å²) >= 11 is 0. The zero-order valence-corrected chi connectivity index (χ0v) is 10.5. The summed E-state index contributed by atoms with van der Waals surface area (Å²) in [5.74, 6) is 0.976. The predicted molar refractivity (Wildman–Crippen MR) is 64.4 cm³/mol. The summed E-state index contributed by atoms with van der Waals surface area (Å²) in [6, 6.07) is 0.424. The van der Waals surface area contributed by atoms with Crippen molar-refractivity contribution in [3.05, 3.63) is 0 Å². The molecule has 0 radical (unpaired) electrons. The second-order valence-corrected chi connectivity index (χ2v) is 5.65. The first-order valence-electron chi connectivity index (χ1n) is 6.87. The standard InChI is InChI=1S/C13H22N2O2/c1-17-11-6-10(7-11)15-12(16)8-14-13(15)9-4-2-3-5-9/h9-11,13-14H,2-8H2,1H3. The van der Waals surface area contributed by atoms with Gasteiger partial charge in [-0.2, -0.15) is 0 Å². The lowest BCUT2D eigenvalue weighted by atomic mass is 9.86. The minimum absolute atomic E-state index is 0.293. The summed E-state index contributed by atoms with van der Waals surface area (Å²) in [5.41, 5.74) is 0. The van der Waals surface area contributed by atoms with Crippen LogP contribution in [0.2, 0.25) is 0 Å². The smallest absolute Gasteiger partial charge is 0.238 e. The number of ether oxygens (including phenoxy) is 1. The van der Waals surface area contributed by atoms with Crippen LogP contribution in [-0.2, 0) is 9.53 Å². The molecule has 3 fully saturated rings. The van der Waals surface area contributed by atoms with Gasteiger partial charge in [0.05, 0.1) is 18.8 Å². The number of rotatable bonds is 3. The van der Waals surface area contributed by atoms with Gasteiger partial charge in [-0.15, -0.1) is 0 Å². The van der Waals surface area contributed by atoms with Crippen LogP contribution < -0.4 is 5.32 Å². The molecule has 2 aliphatic carbocycles. The first kappa shape index (κ1) is 11.5. The Bertz CT molecular complexity index is 296. The number of hydrogen-bond donors (Lipinski definition) is 1. The highest BCUT2D eigenvalue weighted by molar-refractivity contribution is 5.81. The van der Waals surface area contributed by atoms with E-state index in [2.05, 4.69) is 10.2 Å². The second-order valence-electron chi connectivity index (χ2n) is 5.65. The van der Waals surface area contributed by atoms with Gasteiger partial charge in [-0.1, -0.05) is 12.8 Å². The van der Waals surface area contributed by atoms with Crippen LogP contribution in [0.5, 0.6) is 0 Å². The Morgan fingerprint density at radius 3 is 2.65 bits per heavy atom. The van der Waals surface area contributed by atoms with Gasteiger partial charge < -0.3 is 9.64 Å². The van der Waals surface area contributed by atoms with Gasteiger partial charge in [0, 0.05) is 13.2 Å². The van der Waals surface area contributed by atoms with Crippen LogP contribution in [0.15, 0.2) is 0 Å². The Hall–Kier alpha value is -0.610. The van der Waals surface area contributed by atoms with E-state index in [0.29, 0.717) is 36.7 Å². The van der Waals surface area contributed by atoms with Crippen LogP contribution in [0, 0.1) is 5.92 Å². The molecule has 3 rings (SSSR count). The van der Waals surface area contributed by atoms with Crippen molar-refractivity contribution >= 4 is 5.91 Å². The number of carbonyl (C=O) groups excluding carboxylic acids is 1. The number of carbonyl (C=O) groups is 1. The Kier molecular flexibility index (Phi) is 3.09. The Labute approximate surface area is 103 Å². The number of nitrogens with one attached hydrogen (secondary N) is 1. The van der Waals surface area contributed by atoms with E-state index in [1.165, 1.54) is 25.7 Å². The first-order chi connectivity index (χ1) is 8.29. The number of hydrogen-bond acceptors (Lipinski definition) is 3. The molecule has 96 valence electrons. The van der Waals surface area contributed by atoms with Crippen molar-refractivity contribution < 1.29 is 9.53 Å². The third-order valence-electron chi connectivity index (χ3n) is 4.69. The van der Waals surface area contributed by atoms with Crippen molar-refractivity contribution in [2.45, 2.75) is 56.8 Å². The molecule has 1 atom stereocenters. The van der Waals surface area contributed by atoms with Gasteiger partial charge in [-0.25, -0.2) is 0 Å². The lowest BCUT2D eigenvalue weighted by molar-refractivity contribution is -0.137. The normalized spacial score (nSPS) is 38.8. The average Bonchev–Trinajstić information content (AvgIpc) is 2.87. The highest BCUT2D eigenvalue weighted by Crippen LogP contribution is 2.36. The summed E-state index contributed by atoms with van der Waals surface area (Å²) in [4.78, 5) is 14.1. The molecule has 0 bridgehead atoms. The molecule has 1 saturated heterocycles. The van der Waals surface area contributed by atoms with Gasteiger partial charge in [-0.3, -0.25) is 10.1 Å². The maximum Gasteiger partial charge on any atom is 0.238 e. The lowest BCUT2D eigenvalue weighted by Gasteiger charge is -2.44. The summed E-state index contributed by atoms with van der Waals surface area (Å²) in [5, 5.41) is 3.42. The van der Waals surface area contributed by atoms with Crippen molar-refractivity contribution in [3.8, 4) is 0 Å². The Morgan fingerprint density at radius 2 is 2.00 bits per heavy atom. The molecular weight excluding hydrogens is 216 g/mol. The van der Waals surface area contributed by atoms with Crippen LogP contribution in [0.4, 0.5) is 0 Å². The lowest BCUT2D eigenvalue weighted by Crippen LogP contribution is -2.54. The van der Waals surface area contributed by atoms with E-state index in [0.717, 1.165) is 12.8 Å². The third kappa shape index (κ3) is 1.97. The summed E-state index contributed by atoms with van der Waals surface area (Å²) in [6.45, 7) is 0.537. The largest absolute Gasteiger partial charge is 0.381 e. The predicted octanol–water partition coefficient (Wildman–Crippen LogP) is 1.11. The van der Waals surface area contributed by atoms with Crippen LogP contribution >= 0.6 is 0 Å². The molecule has 4 nitrogen and oxygen atoms in total. The van der Waals surface area contributed by atoms with Gasteiger partial charge in [0.2, 0.25) is 5.91 Å². The molecule has 2 saturated carbocycles. The average molecular weight is 238 g/mol. The summed E-state index contributed by atoms with van der Waals surface area (Å²) in [7, 11) is 1.76. The van der Waals surface area contributed by atoms with Gasteiger partial charge in [0.15, 0.2) is 0 Å². The fourth-order valence-corrected chi connectivity index (χ4v) is 3.59. The van der Waals surface area contributed by atoms with E-state index in [9.17, 15) is 4.79 Å². The monoisotopic (exact) mass is 238 g/mol. The van der Waals surface area contributed by atoms with E-state index in [1.807, 2.05) is 0 Å². The van der Waals surface area contributed by atoms with Gasteiger partial charge in [0.25, 0.3) is 0 Å². The minimum atomic E-state index is 0.293. The fourth-order valence-electron chi connectivity index (χ4n) is 3.59. The van der Waals surface area contributed by atoms with Crippen molar-refractivity contribution in [3.63, 3.8) is 0 Å². The summed E-state index contributed by atoms with van der Waals surface area (Å²) in [6.07, 6.45) is 7.95. The number of nitrogens with zero attached hydrogens (tertiary/aromatic N) is 1. The van der Waals surface area contributed by atoms with Gasteiger partial charge >= 0.3 is 0 Å². The zero-order chi connectivity index (χ0) is 11.8. The molecule has 1 amide bonds. The minimum Gasteiger partial charge on any atom is -0.381 e. The Balaban J connectivity index is 1.65. The quantitative estimate of drug-likeness (QED) is 0.801. The highest BCUT2D eigenvalue weighted by Gasteiger charge is 2.45. The van der Waals surface area contributed by atoms with Crippen molar-refractivity contribution in [1.82, 2.24) is 10.2 Å². The zero-order valence-electron chi connectivity index (χ0n) is 10.5. The third-order valence-corrected chi connectivity index (χ3v) is 4.69. The van der Waals surface area contributed by atoms with Crippen LogP contribution in [-0.4, -0.2) is 42.8 Å². The van der Waals surface area contributed by atoms with Crippen LogP contribution in [0.25, 0.3) is 0 Å². The second kappa shape index (κ2) is 4.58. The molecule has 0 aromatic carbocycles. The van der Waals surface area contributed by atoms with Crippen molar-refractivity contribution in [2.24, 2.45) is 5.92 Å². The molecule has 1 aliphatic heterocycles. The van der Waals surface area contributed by atoms with Gasteiger partial charge in [0.1, 0.15) is 0 Å². The van der Waals surface area contributed by atoms with E-state index in [1.54, 1.807) is 7.11 Å². The van der Waals surface area contributed by atoms with E-state index < -0.39 is 0 Å². The maximum atomic E-state index is 12.0. The molecule has 1 unspecified atom stereocenters. The number of amides is 1. The topological polar surface area (TPSA) is 41.6 Å². The Morgan fingerprint density at radius 1 is 1.29 bits per heavy atom. The molecule has 1 heterocycles. The molecule has 0 spiro atoms. The molecule has 0 aromatic heterocycles. The van der Waals surface area contributed by atoms with Crippen LogP contribution in [0.3, 0.4) is 0 Å². The molecule has 4 heteroatoms. The highest BCUT2D eigenvalue weighted by atomic mass is 16.5. The SMILES string of the molecule is COC1CC(N2C(=O)CNC2C2CCCC2)C1. The molecule has 0 aromatic rings. The first-order valence-corrected chi connectivity index (χ1v) is 6.87. The summed E-state index contributed by atoms with van der Waals surface area (Å²) < 4.78 is 5.31. The van der Waals surface area contributed by atoms with Crippen LogP contribution in [0.1, 0.15) is 38.5 Å². The van der Waals surface area contributed by atoms with Gasteiger partial charge in [-0.05, 0) is 31.6 Å². The molecule has 1 N–H and O–H groups in total. The number of methoxy groups -OCH3 is 1. The van der Waals surface area contributed by atoms with E-state index in [4.69, 9.17) is 4.74 Å². The fraction of sp³-hybridized carbons (Fsp3) is 0.923. The molecule has 17 heavy (non-hydrogen) atoms.